The van der Waals surface area contributed by atoms with Crippen molar-refractivity contribution in [1.29, 1.82) is 0 Å². The first-order valence-corrected chi connectivity index (χ1v) is 6.57. The first-order chi connectivity index (χ1) is 8.70. The first kappa shape index (κ1) is 13.2. The number of halogens is 1. The summed E-state index contributed by atoms with van der Waals surface area (Å²) in [4.78, 5) is 18.1. The Labute approximate surface area is 115 Å². The average molecular weight is 311 g/mol. The molecule has 1 amide bonds. The SMILES string of the molecule is COCC1=CCN(C(=O)c2ccc(Br)nc2)CC1. The van der Waals surface area contributed by atoms with Crippen molar-refractivity contribution in [2.45, 2.75) is 6.42 Å². The summed E-state index contributed by atoms with van der Waals surface area (Å²) in [6.45, 7) is 2.04. The van der Waals surface area contributed by atoms with Crippen LogP contribution in [0.3, 0.4) is 0 Å². The van der Waals surface area contributed by atoms with E-state index in [4.69, 9.17) is 4.74 Å². The zero-order valence-electron chi connectivity index (χ0n) is 10.2. The zero-order valence-corrected chi connectivity index (χ0v) is 11.8. The van der Waals surface area contributed by atoms with Gasteiger partial charge in [0.25, 0.3) is 5.91 Å². The standard InChI is InChI=1S/C13H15BrN2O2/c1-18-9-10-4-6-16(7-5-10)13(17)11-2-3-12(14)15-8-11/h2-4,8H,5-7,9H2,1H3. The molecule has 0 unspecified atom stereocenters. The summed E-state index contributed by atoms with van der Waals surface area (Å²) in [6.07, 6.45) is 4.54. The number of carbonyl (C=O) groups excluding carboxylic acids is 1. The quantitative estimate of drug-likeness (QED) is 0.635. The molecule has 0 spiro atoms. The Hall–Kier alpha value is -1.20. The summed E-state index contributed by atoms with van der Waals surface area (Å²) < 4.78 is 5.82. The zero-order chi connectivity index (χ0) is 13.0. The second-order valence-corrected chi connectivity index (χ2v) is 4.98. The highest BCUT2D eigenvalue weighted by Crippen LogP contribution is 2.14. The third-order valence-corrected chi connectivity index (χ3v) is 3.36. The summed E-state index contributed by atoms with van der Waals surface area (Å²) in [5, 5.41) is 0. The second-order valence-electron chi connectivity index (χ2n) is 4.17. The van der Waals surface area contributed by atoms with Crippen LogP contribution in [0, 0.1) is 0 Å². The van der Waals surface area contributed by atoms with Gasteiger partial charge in [-0.1, -0.05) is 6.08 Å². The van der Waals surface area contributed by atoms with Crippen LogP contribution in [0.15, 0.2) is 34.6 Å². The van der Waals surface area contributed by atoms with Crippen molar-refractivity contribution < 1.29 is 9.53 Å². The molecule has 0 radical (unpaired) electrons. The molecule has 1 aliphatic rings. The largest absolute Gasteiger partial charge is 0.380 e. The molecule has 4 nitrogen and oxygen atoms in total. The molecule has 0 aromatic carbocycles. The number of aromatic nitrogens is 1. The van der Waals surface area contributed by atoms with Gasteiger partial charge in [0.2, 0.25) is 0 Å². The minimum atomic E-state index is 0.0303. The molecule has 0 bridgehead atoms. The van der Waals surface area contributed by atoms with Crippen LogP contribution in [0.4, 0.5) is 0 Å². The van der Waals surface area contributed by atoms with Crippen molar-refractivity contribution in [3.8, 4) is 0 Å². The predicted molar refractivity (Wildman–Crippen MR) is 72.4 cm³/mol. The Morgan fingerprint density at radius 2 is 2.39 bits per heavy atom. The molecule has 0 saturated carbocycles. The number of nitrogens with zero attached hydrogens (tertiary/aromatic N) is 2. The van der Waals surface area contributed by atoms with E-state index in [1.807, 2.05) is 4.90 Å². The van der Waals surface area contributed by atoms with E-state index < -0.39 is 0 Å². The van der Waals surface area contributed by atoms with Gasteiger partial charge in [-0.2, -0.15) is 0 Å². The fourth-order valence-corrected chi connectivity index (χ4v) is 2.13. The maximum absolute atomic E-state index is 12.2. The van der Waals surface area contributed by atoms with E-state index in [-0.39, 0.29) is 5.91 Å². The molecule has 5 heteroatoms. The van der Waals surface area contributed by atoms with Gasteiger partial charge in [0.1, 0.15) is 4.60 Å². The molecule has 1 aromatic rings. The lowest BCUT2D eigenvalue weighted by molar-refractivity contribution is 0.0764. The Bertz CT molecular complexity index is 457. The van der Waals surface area contributed by atoms with E-state index in [0.717, 1.165) is 17.6 Å². The Morgan fingerprint density at radius 1 is 1.56 bits per heavy atom. The lowest BCUT2D eigenvalue weighted by Gasteiger charge is -2.26. The van der Waals surface area contributed by atoms with E-state index in [1.165, 1.54) is 5.57 Å². The summed E-state index contributed by atoms with van der Waals surface area (Å²) in [7, 11) is 1.69. The van der Waals surface area contributed by atoms with E-state index in [9.17, 15) is 4.79 Å². The number of ether oxygens (including phenoxy) is 1. The maximum Gasteiger partial charge on any atom is 0.255 e. The van der Waals surface area contributed by atoms with Crippen LogP contribution in [0.25, 0.3) is 0 Å². The summed E-state index contributed by atoms with van der Waals surface area (Å²) in [6, 6.07) is 3.57. The minimum Gasteiger partial charge on any atom is -0.380 e. The molecular weight excluding hydrogens is 296 g/mol. The van der Waals surface area contributed by atoms with Crippen LogP contribution < -0.4 is 0 Å². The van der Waals surface area contributed by atoms with Crippen LogP contribution in [0.2, 0.25) is 0 Å². The van der Waals surface area contributed by atoms with Gasteiger partial charge in [-0.25, -0.2) is 4.98 Å². The molecule has 0 aliphatic carbocycles. The van der Waals surface area contributed by atoms with E-state index in [2.05, 4.69) is 27.0 Å². The number of pyridine rings is 1. The highest BCUT2D eigenvalue weighted by Gasteiger charge is 2.18. The molecule has 18 heavy (non-hydrogen) atoms. The number of methoxy groups -OCH3 is 1. The van der Waals surface area contributed by atoms with Gasteiger partial charge in [-0.05, 0) is 40.1 Å². The lowest BCUT2D eigenvalue weighted by atomic mass is 10.1. The van der Waals surface area contributed by atoms with E-state index in [1.54, 1.807) is 25.4 Å². The van der Waals surface area contributed by atoms with Gasteiger partial charge in [-0.15, -0.1) is 0 Å². The maximum atomic E-state index is 12.2. The van der Waals surface area contributed by atoms with Crippen molar-refractivity contribution in [3.63, 3.8) is 0 Å². The van der Waals surface area contributed by atoms with Crippen molar-refractivity contribution in [2.75, 3.05) is 26.8 Å². The van der Waals surface area contributed by atoms with Gasteiger partial charge in [0.15, 0.2) is 0 Å². The molecule has 0 atom stereocenters. The Balaban J connectivity index is 2.01. The number of hydrogen-bond donors (Lipinski definition) is 0. The van der Waals surface area contributed by atoms with E-state index in [0.29, 0.717) is 18.7 Å². The van der Waals surface area contributed by atoms with Crippen molar-refractivity contribution in [3.05, 3.63) is 40.1 Å². The highest BCUT2D eigenvalue weighted by molar-refractivity contribution is 9.10. The fraction of sp³-hybridized carbons (Fsp3) is 0.385. The number of rotatable bonds is 3. The third kappa shape index (κ3) is 3.17. The fourth-order valence-electron chi connectivity index (χ4n) is 1.90. The van der Waals surface area contributed by atoms with E-state index >= 15 is 0 Å². The molecule has 96 valence electrons. The molecule has 1 aliphatic heterocycles. The molecule has 0 fully saturated rings. The van der Waals surface area contributed by atoms with Crippen molar-refractivity contribution in [2.24, 2.45) is 0 Å². The summed E-state index contributed by atoms with van der Waals surface area (Å²) in [5.41, 5.74) is 1.89. The number of carbonyl (C=O) groups is 1. The Morgan fingerprint density at radius 3 is 2.94 bits per heavy atom. The summed E-state index contributed by atoms with van der Waals surface area (Å²) in [5.74, 6) is 0.0303. The van der Waals surface area contributed by atoms with Gasteiger partial charge in [0.05, 0.1) is 12.2 Å². The molecular formula is C13H15BrN2O2. The smallest absolute Gasteiger partial charge is 0.255 e. The van der Waals surface area contributed by atoms with Gasteiger partial charge in [0, 0.05) is 26.4 Å². The minimum absolute atomic E-state index is 0.0303. The molecule has 0 saturated heterocycles. The topological polar surface area (TPSA) is 42.4 Å². The lowest BCUT2D eigenvalue weighted by Crippen LogP contribution is -2.35. The predicted octanol–water partition coefficient (Wildman–Crippen LogP) is 2.26. The average Bonchev–Trinajstić information content (AvgIpc) is 2.40. The van der Waals surface area contributed by atoms with Crippen molar-refractivity contribution in [1.82, 2.24) is 9.88 Å². The van der Waals surface area contributed by atoms with Gasteiger partial charge in [-0.3, -0.25) is 4.79 Å². The van der Waals surface area contributed by atoms with Crippen LogP contribution in [0.1, 0.15) is 16.8 Å². The second kappa shape index (κ2) is 6.11. The monoisotopic (exact) mass is 310 g/mol. The summed E-state index contributed by atoms with van der Waals surface area (Å²) >= 11 is 3.26. The molecule has 2 rings (SSSR count). The molecule has 1 aromatic heterocycles. The normalized spacial score (nSPS) is 15.4. The first-order valence-electron chi connectivity index (χ1n) is 5.78. The van der Waals surface area contributed by atoms with Crippen LogP contribution >= 0.6 is 15.9 Å². The number of amides is 1. The molecule has 2 heterocycles. The highest BCUT2D eigenvalue weighted by atomic mass is 79.9. The van der Waals surface area contributed by atoms with Gasteiger partial charge >= 0.3 is 0 Å². The third-order valence-electron chi connectivity index (χ3n) is 2.89. The number of hydrogen-bond acceptors (Lipinski definition) is 3. The van der Waals surface area contributed by atoms with Crippen LogP contribution in [0.5, 0.6) is 0 Å². The Kier molecular flexibility index (Phi) is 4.49. The van der Waals surface area contributed by atoms with Crippen LogP contribution in [-0.2, 0) is 4.74 Å². The van der Waals surface area contributed by atoms with Crippen molar-refractivity contribution >= 4 is 21.8 Å². The van der Waals surface area contributed by atoms with Crippen LogP contribution in [-0.4, -0.2) is 42.6 Å². The molecule has 0 N–H and O–H groups in total. The van der Waals surface area contributed by atoms with Gasteiger partial charge < -0.3 is 9.64 Å².